The number of nitro benzene ring substituents is 1. The average Bonchev–Trinajstić information content (AvgIpc) is 3.01. The summed E-state index contributed by atoms with van der Waals surface area (Å²) < 4.78 is 12.4. The zero-order valence-corrected chi connectivity index (χ0v) is 23.3. The third-order valence-electron chi connectivity index (χ3n) is 6.32. The van der Waals surface area contributed by atoms with Gasteiger partial charge in [0, 0.05) is 23.8 Å². The van der Waals surface area contributed by atoms with Crippen molar-refractivity contribution in [3.63, 3.8) is 0 Å². The Hall–Kier alpha value is -5.90. The van der Waals surface area contributed by atoms with E-state index in [2.05, 4.69) is 5.10 Å². The van der Waals surface area contributed by atoms with Gasteiger partial charge in [0.25, 0.3) is 11.2 Å². The standard InChI is InChI=1S/C33H26N4O6/c1-3-42-30-20-24(14-16-29(30)43-31(38)17-15-23-9-7-11-26(19-23)37(40)41)21-34-36-32(25-10-6-8-22(2)18-25)35-28-13-5-4-12-27(28)33(36)39/h4-21H,3H2,1-2H3/b17-15+,34-21?. The third-order valence-corrected chi connectivity index (χ3v) is 6.32. The molecule has 0 atom stereocenters. The predicted molar refractivity (Wildman–Crippen MR) is 165 cm³/mol. The van der Waals surface area contributed by atoms with E-state index in [0.717, 1.165) is 11.1 Å². The van der Waals surface area contributed by atoms with Gasteiger partial charge in [0.15, 0.2) is 17.3 Å². The number of hydrogen-bond acceptors (Lipinski definition) is 8. The number of para-hydroxylation sites is 1. The maximum absolute atomic E-state index is 13.5. The fourth-order valence-electron chi connectivity index (χ4n) is 4.33. The molecule has 0 unspecified atom stereocenters. The molecule has 0 amide bonds. The van der Waals surface area contributed by atoms with Crippen LogP contribution in [0.5, 0.6) is 11.5 Å². The number of esters is 1. The van der Waals surface area contributed by atoms with Crippen LogP contribution in [-0.4, -0.2) is 33.4 Å². The van der Waals surface area contributed by atoms with Crippen LogP contribution in [0.2, 0.25) is 0 Å². The molecular formula is C33H26N4O6. The predicted octanol–water partition coefficient (Wildman–Crippen LogP) is 6.18. The SMILES string of the molecule is CCOc1cc(C=Nn2c(-c3cccc(C)c3)nc3ccccc3c2=O)ccc1OC(=O)/C=C/c1cccc([N+](=O)[O-])c1. The molecule has 0 aliphatic heterocycles. The minimum atomic E-state index is -0.689. The quantitative estimate of drug-likeness (QED) is 0.0514. The number of aryl methyl sites for hydroxylation is 1. The van der Waals surface area contributed by atoms with E-state index in [0.29, 0.717) is 40.2 Å². The third kappa shape index (κ3) is 6.71. The van der Waals surface area contributed by atoms with Crippen LogP contribution in [0.4, 0.5) is 5.69 Å². The van der Waals surface area contributed by atoms with Gasteiger partial charge in [-0.25, -0.2) is 9.78 Å². The van der Waals surface area contributed by atoms with Crippen LogP contribution < -0.4 is 15.0 Å². The molecule has 0 radical (unpaired) electrons. The minimum Gasteiger partial charge on any atom is -0.490 e. The number of ether oxygens (including phenoxy) is 2. The van der Waals surface area contributed by atoms with Gasteiger partial charge in [0.05, 0.1) is 28.6 Å². The molecule has 43 heavy (non-hydrogen) atoms. The molecule has 0 aliphatic carbocycles. The number of nitro groups is 1. The highest BCUT2D eigenvalue weighted by Crippen LogP contribution is 2.29. The molecule has 1 aromatic heterocycles. The second-order valence-electron chi connectivity index (χ2n) is 9.43. The Balaban J connectivity index is 1.44. The van der Waals surface area contributed by atoms with Gasteiger partial charge in [-0.2, -0.15) is 9.78 Å². The Morgan fingerprint density at radius 3 is 2.58 bits per heavy atom. The van der Waals surface area contributed by atoms with Gasteiger partial charge in [-0.1, -0.05) is 48.0 Å². The number of non-ortho nitro benzene ring substituents is 1. The van der Waals surface area contributed by atoms with E-state index in [9.17, 15) is 19.7 Å². The first-order chi connectivity index (χ1) is 20.8. The smallest absolute Gasteiger partial charge is 0.336 e. The van der Waals surface area contributed by atoms with Crippen LogP contribution in [0.1, 0.15) is 23.6 Å². The second kappa shape index (κ2) is 12.7. The van der Waals surface area contributed by atoms with E-state index < -0.39 is 10.9 Å². The summed E-state index contributed by atoms with van der Waals surface area (Å²) in [5.74, 6) is 0.185. The van der Waals surface area contributed by atoms with Crippen molar-refractivity contribution in [3.8, 4) is 22.9 Å². The number of fused-ring (bicyclic) bond motifs is 1. The van der Waals surface area contributed by atoms with E-state index in [4.69, 9.17) is 14.5 Å². The van der Waals surface area contributed by atoms with E-state index in [1.54, 1.807) is 49.4 Å². The molecular weight excluding hydrogens is 548 g/mol. The van der Waals surface area contributed by atoms with Crippen molar-refractivity contribution in [2.45, 2.75) is 13.8 Å². The van der Waals surface area contributed by atoms with Gasteiger partial charge in [-0.3, -0.25) is 14.9 Å². The summed E-state index contributed by atoms with van der Waals surface area (Å²) in [6, 6.07) is 25.5. The largest absolute Gasteiger partial charge is 0.490 e. The number of aromatic nitrogens is 2. The Bertz CT molecular complexity index is 1960. The first-order valence-corrected chi connectivity index (χ1v) is 13.4. The van der Waals surface area contributed by atoms with Gasteiger partial charge < -0.3 is 9.47 Å². The first kappa shape index (κ1) is 28.6. The van der Waals surface area contributed by atoms with Gasteiger partial charge in [0.2, 0.25) is 0 Å². The summed E-state index contributed by atoms with van der Waals surface area (Å²) in [5.41, 5.74) is 3.00. The lowest BCUT2D eigenvalue weighted by molar-refractivity contribution is -0.384. The monoisotopic (exact) mass is 574 g/mol. The number of rotatable bonds is 9. The van der Waals surface area contributed by atoms with Gasteiger partial charge >= 0.3 is 5.97 Å². The highest BCUT2D eigenvalue weighted by Gasteiger charge is 2.14. The zero-order valence-electron chi connectivity index (χ0n) is 23.3. The van der Waals surface area contributed by atoms with E-state index >= 15 is 0 Å². The lowest BCUT2D eigenvalue weighted by Gasteiger charge is -2.11. The lowest BCUT2D eigenvalue weighted by atomic mass is 10.1. The molecule has 4 aromatic carbocycles. The van der Waals surface area contributed by atoms with E-state index in [1.165, 1.54) is 41.2 Å². The Kier molecular flexibility index (Phi) is 8.48. The molecule has 0 spiro atoms. The summed E-state index contributed by atoms with van der Waals surface area (Å²) in [7, 11) is 0. The Labute approximate surface area is 246 Å². The second-order valence-corrected chi connectivity index (χ2v) is 9.43. The fourth-order valence-corrected chi connectivity index (χ4v) is 4.33. The summed E-state index contributed by atoms with van der Waals surface area (Å²) in [5, 5.41) is 15.9. The van der Waals surface area contributed by atoms with Crippen molar-refractivity contribution in [2.24, 2.45) is 5.10 Å². The number of nitrogens with zero attached hydrogens (tertiary/aromatic N) is 4. The van der Waals surface area contributed by atoms with Gasteiger partial charge in [0.1, 0.15) is 0 Å². The maximum Gasteiger partial charge on any atom is 0.336 e. The molecule has 0 saturated heterocycles. The van der Waals surface area contributed by atoms with Crippen LogP contribution >= 0.6 is 0 Å². The number of carbonyl (C=O) groups excluding carboxylic acids is 1. The van der Waals surface area contributed by atoms with Gasteiger partial charge in [-0.15, -0.1) is 0 Å². The minimum absolute atomic E-state index is 0.0841. The summed E-state index contributed by atoms with van der Waals surface area (Å²) >= 11 is 0. The summed E-state index contributed by atoms with van der Waals surface area (Å²) in [4.78, 5) is 41.2. The molecule has 5 aromatic rings. The molecule has 0 bridgehead atoms. The molecule has 0 N–H and O–H groups in total. The molecule has 214 valence electrons. The van der Waals surface area contributed by atoms with Crippen molar-refractivity contribution in [1.29, 1.82) is 0 Å². The molecule has 10 nitrogen and oxygen atoms in total. The van der Waals surface area contributed by atoms with Crippen molar-refractivity contribution in [2.75, 3.05) is 6.61 Å². The van der Waals surface area contributed by atoms with Gasteiger partial charge in [-0.05, 0) is 67.4 Å². The number of benzene rings is 4. The maximum atomic E-state index is 13.5. The molecule has 5 rings (SSSR count). The van der Waals surface area contributed by atoms with Crippen molar-refractivity contribution in [1.82, 2.24) is 9.66 Å². The van der Waals surface area contributed by atoms with E-state index in [1.807, 2.05) is 37.3 Å². The Morgan fingerprint density at radius 2 is 1.79 bits per heavy atom. The fraction of sp³-hybridized carbons (Fsp3) is 0.0909. The zero-order chi connectivity index (χ0) is 30.3. The van der Waals surface area contributed by atoms with Crippen LogP contribution in [0.25, 0.3) is 28.4 Å². The van der Waals surface area contributed by atoms with Crippen molar-refractivity contribution >= 4 is 34.9 Å². The molecule has 0 fully saturated rings. The highest BCUT2D eigenvalue weighted by molar-refractivity contribution is 5.89. The topological polar surface area (TPSA) is 126 Å². The lowest BCUT2D eigenvalue weighted by Crippen LogP contribution is -2.20. The van der Waals surface area contributed by atoms with Crippen LogP contribution in [0, 0.1) is 17.0 Å². The average molecular weight is 575 g/mol. The summed E-state index contributed by atoms with van der Waals surface area (Å²) in [6.45, 7) is 4.06. The van der Waals surface area contributed by atoms with Crippen molar-refractivity contribution in [3.05, 3.63) is 134 Å². The van der Waals surface area contributed by atoms with Crippen LogP contribution in [0.15, 0.2) is 107 Å². The highest BCUT2D eigenvalue weighted by atomic mass is 16.6. The first-order valence-electron chi connectivity index (χ1n) is 13.4. The normalized spacial score (nSPS) is 11.3. The molecule has 1 heterocycles. The summed E-state index contributed by atoms with van der Waals surface area (Å²) in [6.07, 6.45) is 4.11. The van der Waals surface area contributed by atoms with Crippen LogP contribution in [-0.2, 0) is 4.79 Å². The molecule has 0 saturated carbocycles. The Morgan fingerprint density at radius 1 is 0.977 bits per heavy atom. The number of hydrogen-bond donors (Lipinski definition) is 0. The van der Waals surface area contributed by atoms with Crippen molar-refractivity contribution < 1.29 is 19.2 Å². The van der Waals surface area contributed by atoms with E-state index in [-0.39, 0.29) is 17.0 Å². The molecule has 0 aliphatic rings. The number of carbonyl (C=O) groups is 1. The van der Waals surface area contributed by atoms with Crippen LogP contribution in [0.3, 0.4) is 0 Å². The molecule has 10 heteroatoms.